The molecule has 0 aliphatic carbocycles. The first-order valence-electron chi connectivity index (χ1n) is 7.23. The summed E-state index contributed by atoms with van der Waals surface area (Å²) in [6.45, 7) is 5.15. The van der Waals surface area contributed by atoms with E-state index in [0.29, 0.717) is 18.9 Å². The maximum absolute atomic E-state index is 11.3. The number of hydrogen-bond acceptors (Lipinski definition) is 6. The standard InChI is InChI=1S/C14H23N3O5/c1-14(2)6-21-12(22-7-14)4-11(18)17-10(13(19)20)3-9-5-15-8-16-9/h5,8,10-12,17-18H,3-4,6-7H2,1-2H3,(H,15,16)(H,19,20)/t10-,11?/m0/s1. The molecule has 22 heavy (non-hydrogen) atoms. The fourth-order valence-corrected chi connectivity index (χ4v) is 2.18. The van der Waals surface area contributed by atoms with E-state index in [1.807, 2.05) is 13.8 Å². The molecule has 1 aromatic rings. The fraction of sp³-hybridized carbons (Fsp3) is 0.714. The van der Waals surface area contributed by atoms with Gasteiger partial charge in [0.05, 0.1) is 19.5 Å². The van der Waals surface area contributed by atoms with Gasteiger partial charge in [0.15, 0.2) is 6.29 Å². The van der Waals surface area contributed by atoms with Crippen molar-refractivity contribution in [2.75, 3.05) is 13.2 Å². The second-order valence-electron chi connectivity index (χ2n) is 6.31. The third kappa shape index (κ3) is 5.06. The molecule has 1 aliphatic rings. The minimum Gasteiger partial charge on any atom is -0.480 e. The number of H-pyrrole nitrogens is 1. The molecule has 0 amide bonds. The number of aliphatic carboxylic acids is 1. The normalized spacial score (nSPS) is 21.4. The Morgan fingerprint density at radius 3 is 2.77 bits per heavy atom. The van der Waals surface area contributed by atoms with E-state index in [0.717, 1.165) is 0 Å². The molecule has 2 heterocycles. The van der Waals surface area contributed by atoms with Crippen LogP contribution in [0.3, 0.4) is 0 Å². The number of carboxylic acids is 1. The van der Waals surface area contributed by atoms with E-state index in [1.165, 1.54) is 6.33 Å². The number of carboxylic acid groups (broad SMARTS) is 1. The highest BCUT2D eigenvalue weighted by Gasteiger charge is 2.30. The number of nitrogens with one attached hydrogen (secondary N) is 2. The highest BCUT2D eigenvalue weighted by atomic mass is 16.7. The molecule has 1 unspecified atom stereocenters. The lowest BCUT2D eigenvalue weighted by Gasteiger charge is -2.35. The number of aliphatic hydroxyl groups is 1. The largest absolute Gasteiger partial charge is 0.480 e. The van der Waals surface area contributed by atoms with Crippen molar-refractivity contribution in [2.45, 2.75) is 45.2 Å². The summed E-state index contributed by atoms with van der Waals surface area (Å²) in [5.41, 5.74) is 0.637. The zero-order chi connectivity index (χ0) is 16.2. The molecular weight excluding hydrogens is 290 g/mol. The van der Waals surface area contributed by atoms with Crippen LogP contribution in [-0.2, 0) is 20.7 Å². The molecule has 1 aliphatic heterocycles. The summed E-state index contributed by atoms with van der Waals surface area (Å²) in [7, 11) is 0. The van der Waals surface area contributed by atoms with E-state index in [2.05, 4.69) is 15.3 Å². The van der Waals surface area contributed by atoms with Crippen LogP contribution < -0.4 is 5.32 Å². The number of aromatic amines is 1. The van der Waals surface area contributed by atoms with Crippen molar-refractivity contribution in [1.29, 1.82) is 0 Å². The molecule has 2 atom stereocenters. The zero-order valence-corrected chi connectivity index (χ0v) is 12.8. The number of ether oxygens (including phenoxy) is 2. The Labute approximate surface area is 128 Å². The van der Waals surface area contributed by atoms with Crippen molar-refractivity contribution in [2.24, 2.45) is 5.41 Å². The van der Waals surface area contributed by atoms with Crippen molar-refractivity contribution >= 4 is 5.97 Å². The SMILES string of the molecule is CC1(C)COC(CC(O)N[C@@H](Cc2cnc[nH]2)C(=O)O)OC1. The van der Waals surface area contributed by atoms with E-state index in [1.54, 1.807) is 6.20 Å². The smallest absolute Gasteiger partial charge is 0.321 e. The van der Waals surface area contributed by atoms with Gasteiger partial charge in [0, 0.05) is 30.1 Å². The maximum Gasteiger partial charge on any atom is 0.321 e. The molecule has 0 bridgehead atoms. The predicted molar refractivity (Wildman–Crippen MR) is 76.9 cm³/mol. The summed E-state index contributed by atoms with van der Waals surface area (Å²) in [6, 6.07) is -0.921. The monoisotopic (exact) mass is 313 g/mol. The lowest BCUT2D eigenvalue weighted by atomic mass is 9.95. The number of nitrogens with zero attached hydrogens (tertiary/aromatic N) is 1. The molecule has 0 saturated carbocycles. The fourth-order valence-electron chi connectivity index (χ4n) is 2.18. The zero-order valence-electron chi connectivity index (χ0n) is 12.8. The molecule has 2 rings (SSSR count). The van der Waals surface area contributed by atoms with Gasteiger partial charge in [-0.2, -0.15) is 0 Å². The van der Waals surface area contributed by atoms with Gasteiger partial charge in [0.1, 0.15) is 12.3 Å². The van der Waals surface area contributed by atoms with Crippen molar-refractivity contribution < 1.29 is 24.5 Å². The topological polar surface area (TPSA) is 117 Å². The van der Waals surface area contributed by atoms with Crippen LogP contribution in [0, 0.1) is 5.41 Å². The Hall–Kier alpha value is -1.48. The molecule has 0 spiro atoms. The summed E-state index contributed by atoms with van der Waals surface area (Å²) in [5.74, 6) is -1.04. The molecule has 1 saturated heterocycles. The van der Waals surface area contributed by atoms with Crippen molar-refractivity contribution in [1.82, 2.24) is 15.3 Å². The second-order valence-corrected chi connectivity index (χ2v) is 6.31. The average Bonchev–Trinajstić information content (AvgIpc) is 2.93. The minimum absolute atomic E-state index is 0.0426. The van der Waals surface area contributed by atoms with Crippen LogP contribution in [0.1, 0.15) is 26.0 Å². The van der Waals surface area contributed by atoms with Crippen LogP contribution in [0.25, 0.3) is 0 Å². The first-order chi connectivity index (χ1) is 10.4. The first-order valence-corrected chi connectivity index (χ1v) is 7.23. The number of carbonyl (C=O) groups is 1. The van der Waals surface area contributed by atoms with Gasteiger partial charge in [-0.1, -0.05) is 13.8 Å². The molecular formula is C14H23N3O5. The van der Waals surface area contributed by atoms with Gasteiger partial charge in [-0.15, -0.1) is 0 Å². The van der Waals surface area contributed by atoms with E-state index < -0.39 is 24.5 Å². The summed E-state index contributed by atoms with van der Waals surface area (Å²) in [4.78, 5) is 18.0. The van der Waals surface area contributed by atoms with Crippen LogP contribution in [0.2, 0.25) is 0 Å². The summed E-state index contributed by atoms with van der Waals surface area (Å²) < 4.78 is 11.1. The Kier molecular flexibility index (Phi) is 5.52. The van der Waals surface area contributed by atoms with Crippen molar-refractivity contribution in [3.05, 3.63) is 18.2 Å². The Morgan fingerprint density at radius 1 is 1.55 bits per heavy atom. The Bertz CT molecular complexity index is 467. The third-order valence-corrected chi connectivity index (χ3v) is 3.41. The van der Waals surface area contributed by atoms with Crippen molar-refractivity contribution in [3.63, 3.8) is 0 Å². The van der Waals surface area contributed by atoms with Gasteiger partial charge in [-0.3, -0.25) is 10.1 Å². The highest BCUT2D eigenvalue weighted by molar-refractivity contribution is 5.73. The maximum atomic E-state index is 11.3. The number of hydrogen-bond donors (Lipinski definition) is 4. The van der Waals surface area contributed by atoms with Crippen LogP contribution >= 0.6 is 0 Å². The highest BCUT2D eigenvalue weighted by Crippen LogP contribution is 2.24. The van der Waals surface area contributed by atoms with Gasteiger partial charge in [-0.05, 0) is 0 Å². The van der Waals surface area contributed by atoms with Gasteiger partial charge in [0.2, 0.25) is 0 Å². The molecule has 4 N–H and O–H groups in total. The molecule has 0 radical (unpaired) electrons. The van der Waals surface area contributed by atoms with Gasteiger partial charge >= 0.3 is 5.97 Å². The Balaban J connectivity index is 1.81. The number of aliphatic hydroxyl groups excluding tert-OH is 1. The van der Waals surface area contributed by atoms with Crippen LogP contribution in [0.5, 0.6) is 0 Å². The van der Waals surface area contributed by atoms with Gasteiger partial charge in [-0.25, -0.2) is 4.98 Å². The van der Waals surface area contributed by atoms with Crippen molar-refractivity contribution in [3.8, 4) is 0 Å². The lowest BCUT2D eigenvalue weighted by molar-refractivity contribution is -0.232. The quantitative estimate of drug-likeness (QED) is 0.528. The van der Waals surface area contributed by atoms with Crippen LogP contribution in [-0.4, -0.2) is 57.9 Å². The molecule has 8 heteroatoms. The average molecular weight is 313 g/mol. The molecule has 1 fully saturated rings. The van der Waals surface area contributed by atoms with Crippen LogP contribution in [0.15, 0.2) is 12.5 Å². The first kappa shape index (κ1) is 16.9. The molecule has 8 nitrogen and oxygen atoms in total. The summed E-state index contributed by atoms with van der Waals surface area (Å²) >= 11 is 0. The number of aromatic nitrogens is 2. The lowest BCUT2D eigenvalue weighted by Crippen LogP contribution is -2.47. The summed E-state index contributed by atoms with van der Waals surface area (Å²) in [6.07, 6.45) is 1.84. The van der Waals surface area contributed by atoms with Crippen LogP contribution in [0.4, 0.5) is 0 Å². The van der Waals surface area contributed by atoms with Gasteiger partial charge < -0.3 is 24.7 Å². The molecule has 0 aromatic carbocycles. The Morgan fingerprint density at radius 2 is 2.23 bits per heavy atom. The van der Waals surface area contributed by atoms with Gasteiger partial charge in [0.25, 0.3) is 0 Å². The third-order valence-electron chi connectivity index (χ3n) is 3.41. The van der Waals surface area contributed by atoms with E-state index >= 15 is 0 Å². The molecule has 1 aromatic heterocycles. The number of rotatable bonds is 7. The van der Waals surface area contributed by atoms with E-state index in [-0.39, 0.29) is 18.3 Å². The van der Waals surface area contributed by atoms with E-state index in [9.17, 15) is 15.0 Å². The minimum atomic E-state index is -1.04. The predicted octanol–water partition coefficient (Wildman–Crippen LogP) is 0.103. The molecule has 124 valence electrons. The van der Waals surface area contributed by atoms with E-state index in [4.69, 9.17) is 9.47 Å². The second kappa shape index (κ2) is 7.19. The summed E-state index contributed by atoms with van der Waals surface area (Å²) in [5, 5.41) is 21.9. The number of imidazole rings is 1.